The van der Waals surface area contributed by atoms with Gasteiger partial charge in [0.05, 0.1) is 35.5 Å². The van der Waals surface area contributed by atoms with Crippen LogP contribution in [0.3, 0.4) is 0 Å². The Balaban J connectivity index is 1.59. The van der Waals surface area contributed by atoms with Crippen LogP contribution in [0, 0.1) is 22.7 Å². The summed E-state index contributed by atoms with van der Waals surface area (Å²) in [7, 11) is 0. The maximum atomic E-state index is 15.8. The van der Waals surface area contributed by atoms with Crippen LogP contribution in [0.1, 0.15) is 76.3 Å². The third-order valence-corrected chi connectivity index (χ3v) is 13.3. The molecule has 1 aliphatic heterocycles. The van der Waals surface area contributed by atoms with Gasteiger partial charge in [-0.05, 0) is 49.6 Å². The molecule has 0 radical (unpaired) electrons. The molecule has 11 atom stereocenters. The molecule has 2 aromatic rings. The Bertz CT molecular complexity index is 2110. The number of hydrogen-bond acceptors (Lipinski definition) is 15. The van der Waals surface area contributed by atoms with Gasteiger partial charge in [-0.1, -0.05) is 97.2 Å². The van der Waals surface area contributed by atoms with Crippen molar-refractivity contribution >= 4 is 70.4 Å². The number of Topliss-reactive ketones (excluding diaryl/α,β-unsaturated/α-hetero) is 2. The molecule has 4 N–H and O–H groups in total. The Kier molecular flexibility index (Phi) is 12.8. The normalized spacial score (nSPS) is 32.6. The lowest BCUT2D eigenvalue weighted by atomic mass is 9.43. The number of ketones is 2. The summed E-state index contributed by atoms with van der Waals surface area (Å²) in [6.45, 7) is 7.15. The quantitative estimate of drug-likeness (QED) is 0.0931. The number of carbonyl (C=O) groups is 6. The first kappa shape index (κ1) is 46.4. The highest BCUT2D eigenvalue weighted by Gasteiger charge is 2.79. The summed E-state index contributed by atoms with van der Waals surface area (Å²) in [6.07, 6.45) is -10.2. The summed E-state index contributed by atoms with van der Waals surface area (Å²) in [4.78, 5) is 84.6. The number of benzene rings is 2. The third kappa shape index (κ3) is 8.18. The minimum Gasteiger partial charge on any atom is -0.456 e. The van der Waals surface area contributed by atoms with E-state index in [1.54, 1.807) is 62.4 Å². The molecule has 18 heteroatoms. The number of alkyl halides is 3. The van der Waals surface area contributed by atoms with Crippen LogP contribution < -0.4 is 5.73 Å². The molecule has 1 saturated heterocycles. The van der Waals surface area contributed by atoms with Gasteiger partial charge < -0.3 is 44.4 Å². The smallest absolute Gasteiger partial charge is 0.456 e. The number of carbonyl (C=O) groups excluding carboxylic acids is 6. The topological polar surface area (TPSA) is 224 Å². The van der Waals surface area contributed by atoms with E-state index in [2.05, 4.69) is 0 Å². The number of nitrogens with two attached hydrogens (primary N) is 1. The van der Waals surface area contributed by atoms with Gasteiger partial charge in [0.25, 0.3) is 0 Å². The lowest BCUT2D eigenvalue weighted by Gasteiger charge is -2.67. The molecular weight excluding hydrogens is 861 g/mol. The standard InChI is InChI=1S/C43H48Cl3NO14/c1-21-26(58-37(53)32(50)31(47)24-13-9-7-10-14-24)18-42(55)35(60-36(52)25-15-11-8-12-16-25)33-40(6,34(51)29(22(2)48)30(21)39(42,4)5)27(59-38(54)57-20-43(44,45)46)17-28-41(33,19-56-28)61-23(3)49/h7-16,26-29,31-33,35,50,55H,17-20,47H2,1-6H3/t26-,27-,28+,29+,31-,32+,33?,35-,40+,41-,42+/m0/s1. The maximum absolute atomic E-state index is 15.8. The van der Waals surface area contributed by atoms with E-state index in [0.717, 1.165) is 13.8 Å². The van der Waals surface area contributed by atoms with Gasteiger partial charge in [-0.3, -0.25) is 14.4 Å². The molecule has 1 heterocycles. The summed E-state index contributed by atoms with van der Waals surface area (Å²) < 4.78 is 33.3. The number of rotatable bonds is 10. The van der Waals surface area contributed by atoms with E-state index in [1.165, 1.54) is 26.0 Å². The fraction of sp³-hybridized carbons (Fsp3) is 0.535. The average Bonchev–Trinajstić information content (AvgIpc) is 3.19. The van der Waals surface area contributed by atoms with E-state index >= 15 is 4.79 Å². The van der Waals surface area contributed by atoms with Gasteiger partial charge in [0.2, 0.25) is 3.79 Å². The molecule has 61 heavy (non-hydrogen) atoms. The molecule has 0 amide bonds. The van der Waals surface area contributed by atoms with Crippen molar-refractivity contribution in [3.63, 3.8) is 0 Å². The lowest BCUT2D eigenvalue weighted by molar-refractivity contribution is -0.345. The number of hydrogen-bond donors (Lipinski definition) is 3. The minimum atomic E-state index is -2.42. The number of aliphatic hydroxyl groups excluding tert-OH is 1. The molecule has 3 aliphatic carbocycles. The zero-order valence-electron chi connectivity index (χ0n) is 34.2. The largest absolute Gasteiger partial charge is 0.508 e. The summed E-state index contributed by atoms with van der Waals surface area (Å²) >= 11 is 17.5. The van der Waals surface area contributed by atoms with Crippen LogP contribution in [-0.2, 0) is 47.6 Å². The zero-order chi connectivity index (χ0) is 45.0. The summed E-state index contributed by atoms with van der Waals surface area (Å²) in [5.41, 5.74) is -1.18. The van der Waals surface area contributed by atoms with Gasteiger partial charge in [0, 0.05) is 25.2 Å². The summed E-state index contributed by atoms with van der Waals surface area (Å²) in [5.74, 6) is -7.95. The van der Waals surface area contributed by atoms with Gasteiger partial charge in [-0.2, -0.15) is 0 Å². The maximum Gasteiger partial charge on any atom is 0.508 e. The Morgan fingerprint density at radius 3 is 2.10 bits per heavy atom. The number of halogens is 3. The van der Waals surface area contributed by atoms with Crippen LogP contribution in [0.4, 0.5) is 4.79 Å². The fourth-order valence-corrected chi connectivity index (χ4v) is 10.0. The first-order valence-electron chi connectivity index (χ1n) is 19.6. The van der Waals surface area contributed by atoms with E-state index in [0.29, 0.717) is 5.56 Å². The van der Waals surface area contributed by atoms with E-state index in [9.17, 15) is 34.2 Å². The van der Waals surface area contributed by atoms with Crippen LogP contribution in [-0.4, -0.2) is 105 Å². The highest BCUT2D eigenvalue weighted by atomic mass is 35.6. The lowest BCUT2D eigenvalue weighted by Crippen LogP contribution is -2.81. The van der Waals surface area contributed by atoms with Crippen LogP contribution in [0.25, 0.3) is 0 Å². The second-order valence-corrected chi connectivity index (χ2v) is 19.4. The first-order valence-corrected chi connectivity index (χ1v) is 20.7. The summed E-state index contributed by atoms with van der Waals surface area (Å²) in [6, 6.07) is 14.8. The van der Waals surface area contributed by atoms with Crippen molar-refractivity contribution in [1.29, 1.82) is 0 Å². The molecule has 330 valence electrons. The Morgan fingerprint density at radius 2 is 1.56 bits per heavy atom. The molecule has 3 fully saturated rings. The van der Waals surface area contributed by atoms with E-state index in [1.807, 2.05) is 0 Å². The van der Waals surface area contributed by atoms with Gasteiger partial charge in [-0.25, -0.2) is 14.4 Å². The molecule has 6 rings (SSSR count). The molecule has 2 saturated carbocycles. The molecule has 15 nitrogen and oxygen atoms in total. The Morgan fingerprint density at radius 1 is 0.951 bits per heavy atom. The van der Waals surface area contributed by atoms with Gasteiger partial charge in [0.1, 0.15) is 42.4 Å². The predicted octanol–water partition coefficient (Wildman–Crippen LogP) is 5.07. The molecule has 0 spiro atoms. The van der Waals surface area contributed by atoms with Gasteiger partial charge in [0.15, 0.2) is 17.5 Å². The van der Waals surface area contributed by atoms with Crippen LogP contribution in [0.5, 0.6) is 0 Å². The Labute approximate surface area is 367 Å². The van der Waals surface area contributed by atoms with Crippen molar-refractivity contribution in [3.05, 3.63) is 82.9 Å². The van der Waals surface area contributed by atoms with Crippen LogP contribution >= 0.6 is 34.8 Å². The molecule has 2 aromatic carbocycles. The highest BCUT2D eigenvalue weighted by Crippen LogP contribution is 2.65. The monoisotopic (exact) mass is 907 g/mol. The second-order valence-electron chi connectivity index (χ2n) is 16.9. The molecule has 4 aliphatic rings. The number of ether oxygens (including phenoxy) is 6. The molecule has 2 bridgehead atoms. The van der Waals surface area contributed by atoms with Crippen molar-refractivity contribution < 1.29 is 67.4 Å². The van der Waals surface area contributed by atoms with Crippen molar-refractivity contribution in [2.45, 2.75) is 106 Å². The molecule has 1 unspecified atom stereocenters. The fourth-order valence-electron chi connectivity index (χ4n) is 9.86. The van der Waals surface area contributed by atoms with Crippen LogP contribution in [0.2, 0.25) is 0 Å². The number of esters is 3. The number of aliphatic hydroxyl groups is 2. The Hall–Kier alpha value is -4.09. The molecule has 0 aromatic heterocycles. The highest BCUT2D eigenvalue weighted by molar-refractivity contribution is 6.67. The first-order chi connectivity index (χ1) is 28.4. The SMILES string of the molecule is CC(=O)O[C@@]12CO[C@@H]1C[C@H](OC(=O)OCC(Cl)(Cl)Cl)[C@@]1(C)C(=O)[C@H](C(C)=O)C3=C(C)[C@@H](OC(=O)[C@H](O)[C@@H](N)c4ccccc4)C[C@@](O)([C@@H](OC(=O)c4ccccc4)C12)C3(C)C. The minimum absolute atomic E-state index is 0.0184. The van der Waals surface area contributed by atoms with E-state index in [4.69, 9.17) is 69.0 Å². The van der Waals surface area contributed by atoms with E-state index < -0.39 is 123 Å². The van der Waals surface area contributed by atoms with Crippen molar-refractivity contribution in [1.82, 2.24) is 0 Å². The van der Waals surface area contributed by atoms with E-state index in [-0.39, 0.29) is 29.7 Å². The van der Waals surface area contributed by atoms with Crippen molar-refractivity contribution in [3.8, 4) is 0 Å². The van der Waals surface area contributed by atoms with Crippen molar-refractivity contribution in [2.75, 3.05) is 13.2 Å². The average molecular weight is 909 g/mol. The molecular formula is C43H48Cl3NO14. The zero-order valence-corrected chi connectivity index (χ0v) is 36.5. The predicted molar refractivity (Wildman–Crippen MR) is 217 cm³/mol. The number of fused-ring (bicyclic) bond motifs is 5. The summed E-state index contributed by atoms with van der Waals surface area (Å²) in [5, 5.41) is 24.9. The van der Waals surface area contributed by atoms with Crippen molar-refractivity contribution in [2.24, 2.45) is 28.4 Å². The van der Waals surface area contributed by atoms with Gasteiger partial charge >= 0.3 is 24.1 Å². The third-order valence-electron chi connectivity index (χ3n) is 12.9. The second kappa shape index (κ2) is 16.9. The van der Waals surface area contributed by atoms with Crippen LogP contribution in [0.15, 0.2) is 71.8 Å². The van der Waals surface area contributed by atoms with Gasteiger partial charge in [-0.15, -0.1) is 0 Å².